The normalized spacial score (nSPS) is 28.0. The lowest BCUT2D eigenvalue weighted by atomic mass is 9.91. The second-order valence-corrected chi connectivity index (χ2v) is 9.12. The molecule has 4 heterocycles. The van der Waals surface area contributed by atoms with Gasteiger partial charge in [-0.15, -0.1) is 0 Å². The summed E-state index contributed by atoms with van der Waals surface area (Å²) in [5, 5.41) is 5.78. The maximum Gasteiger partial charge on any atom is 0.255 e. The zero-order valence-electron chi connectivity index (χ0n) is 17.8. The molecule has 0 bridgehead atoms. The van der Waals surface area contributed by atoms with Gasteiger partial charge in [-0.3, -0.25) is 24.6 Å². The number of carbonyl (C=O) groups excluding carboxylic acids is 3. The van der Waals surface area contributed by atoms with Gasteiger partial charge < -0.3 is 15.0 Å². The number of amides is 3. The van der Waals surface area contributed by atoms with Crippen molar-refractivity contribution in [2.75, 3.05) is 32.8 Å². The number of ether oxygens (including phenoxy) is 1. The molecule has 166 valence electrons. The SMILES string of the molecule is O=C1CCC(N2Cc3cc(CN4CCOC(C5CCNCC5)C4)ccc3C2=O)C(=O)N1. The second kappa shape index (κ2) is 8.68. The van der Waals surface area contributed by atoms with Gasteiger partial charge in [-0.05, 0) is 55.5 Å². The van der Waals surface area contributed by atoms with Gasteiger partial charge in [0.2, 0.25) is 11.8 Å². The fourth-order valence-electron chi connectivity index (χ4n) is 5.36. The molecule has 8 heteroatoms. The Labute approximate surface area is 182 Å². The number of rotatable bonds is 4. The summed E-state index contributed by atoms with van der Waals surface area (Å²) in [7, 11) is 0. The van der Waals surface area contributed by atoms with E-state index in [1.54, 1.807) is 4.90 Å². The molecular formula is C23H30N4O4. The van der Waals surface area contributed by atoms with Gasteiger partial charge in [-0.1, -0.05) is 12.1 Å². The molecule has 0 radical (unpaired) electrons. The largest absolute Gasteiger partial charge is 0.375 e. The third kappa shape index (κ3) is 4.24. The Kier molecular flexibility index (Phi) is 5.77. The average molecular weight is 427 g/mol. The van der Waals surface area contributed by atoms with Crippen LogP contribution in [0.4, 0.5) is 0 Å². The van der Waals surface area contributed by atoms with Gasteiger partial charge in [-0.25, -0.2) is 0 Å². The molecule has 1 aromatic rings. The smallest absolute Gasteiger partial charge is 0.255 e. The highest BCUT2D eigenvalue weighted by atomic mass is 16.5. The summed E-state index contributed by atoms with van der Waals surface area (Å²) >= 11 is 0. The Bertz CT molecular complexity index is 882. The third-order valence-electron chi connectivity index (χ3n) is 7.08. The van der Waals surface area contributed by atoms with Gasteiger partial charge in [0.15, 0.2) is 0 Å². The van der Waals surface area contributed by atoms with Crippen molar-refractivity contribution in [3.63, 3.8) is 0 Å². The molecule has 0 aromatic heterocycles. The number of nitrogens with zero attached hydrogens (tertiary/aromatic N) is 2. The van der Waals surface area contributed by atoms with Gasteiger partial charge in [0.25, 0.3) is 5.91 Å². The van der Waals surface area contributed by atoms with Gasteiger partial charge in [0.05, 0.1) is 12.7 Å². The van der Waals surface area contributed by atoms with E-state index in [1.165, 1.54) is 18.4 Å². The lowest BCUT2D eigenvalue weighted by molar-refractivity contribution is -0.136. The van der Waals surface area contributed by atoms with E-state index < -0.39 is 6.04 Å². The Balaban J connectivity index is 1.24. The number of piperidine rings is 2. The lowest BCUT2D eigenvalue weighted by Crippen LogP contribution is -2.52. The molecule has 0 saturated carbocycles. The molecule has 2 atom stereocenters. The van der Waals surface area contributed by atoms with Gasteiger partial charge in [0, 0.05) is 38.2 Å². The summed E-state index contributed by atoms with van der Waals surface area (Å²) in [6.45, 7) is 6.05. The van der Waals surface area contributed by atoms with Crippen LogP contribution in [0.25, 0.3) is 0 Å². The minimum Gasteiger partial charge on any atom is -0.375 e. The number of imide groups is 1. The molecule has 0 aliphatic carbocycles. The van der Waals surface area contributed by atoms with Crippen LogP contribution in [0.15, 0.2) is 18.2 Å². The number of hydrogen-bond donors (Lipinski definition) is 2. The molecule has 3 saturated heterocycles. The van der Waals surface area contributed by atoms with Crippen LogP contribution in [0.3, 0.4) is 0 Å². The van der Waals surface area contributed by atoms with Gasteiger partial charge >= 0.3 is 0 Å². The summed E-state index contributed by atoms with van der Waals surface area (Å²) in [4.78, 5) is 40.6. The molecule has 1 aromatic carbocycles. The van der Waals surface area contributed by atoms with Crippen molar-refractivity contribution in [2.24, 2.45) is 5.92 Å². The highest BCUT2D eigenvalue weighted by Gasteiger charge is 2.39. The van der Waals surface area contributed by atoms with E-state index in [-0.39, 0.29) is 24.1 Å². The van der Waals surface area contributed by atoms with E-state index in [1.807, 2.05) is 12.1 Å². The van der Waals surface area contributed by atoms with Crippen LogP contribution in [-0.4, -0.2) is 72.5 Å². The first kappa shape index (κ1) is 20.6. The number of benzene rings is 1. The third-order valence-corrected chi connectivity index (χ3v) is 7.08. The maximum absolute atomic E-state index is 12.9. The Hall–Kier alpha value is -2.29. The van der Waals surface area contributed by atoms with E-state index in [2.05, 4.69) is 21.6 Å². The Morgan fingerprint density at radius 1 is 1.10 bits per heavy atom. The summed E-state index contributed by atoms with van der Waals surface area (Å²) in [5.74, 6) is -0.118. The number of nitrogens with one attached hydrogen (secondary N) is 2. The number of hydrogen-bond acceptors (Lipinski definition) is 6. The number of fused-ring (bicyclic) bond motifs is 1. The summed E-state index contributed by atoms with van der Waals surface area (Å²) < 4.78 is 6.09. The fourth-order valence-corrected chi connectivity index (χ4v) is 5.36. The molecular weight excluding hydrogens is 396 g/mol. The topological polar surface area (TPSA) is 91.0 Å². The molecule has 4 aliphatic heterocycles. The number of carbonyl (C=O) groups is 3. The minimum atomic E-state index is -0.564. The molecule has 4 aliphatic rings. The highest BCUT2D eigenvalue weighted by molar-refractivity contribution is 6.05. The van der Waals surface area contributed by atoms with Crippen LogP contribution in [0.1, 0.15) is 47.2 Å². The van der Waals surface area contributed by atoms with Crippen molar-refractivity contribution in [3.8, 4) is 0 Å². The number of morpholine rings is 1. The molecule has 3 fully saturated rings. The predicted molar refractivity (Wildman–Crippen MR) is 113 cm³/mol. The molecule has 8 nitrogen and oxygen atoms in total. The standard InChI is InChI=1S/C23H30N4O4/c28-21-4-3-19(22(29)25-21)27-13-17-11-15(1-2-18(17)23(27)30)12-26-9-10-31-20(14-26)16-5-7-24-8-6-16/h1-2,11,16,19-20,24H,3-10,12-14H2,(H,25,28,29). The zero-order valence-corrected chi connectivity index (χ0v) is 17.8. The predicted octanol–water partition coefficient (Wildman–Crippen LogP) is 0.648. The average Bonchev–Trinajstić information content (AvgIpc) is 3.10. The van der Waals surface area contributed by atoms with Crippen LogP contribution in [0.5, 0.6) is 0 Å². The van der Waals surface area contributed by atoms with Gasteiger partial charge in [-0.2, -0.15) is 0 Å². The van der Waals surface area contributed by atoms with Crippen LogP contribution in [-0.2, 0) is 27.4 Å². The van der Waals surface area contributed by atoms with Gasteiger partial charge in [0.1, 0.15) is 6.04 Å². The summed E-state index contributed by atoms with van der Waals surface area (Å²) in [6, 6.07) is 5.46. The first-order valence-electron chi connectivity index (χ1n) is 11.4. The van der Waals surface area contributed by atoms with E-state index in [9.17, 15) is 14.4 Å². The summed E-state index contributed by atoms with van der Waals surface area (Å²) in [5.41, 5.74) is 2.82. The van der Waals surface area contributed by atoms with Crippen LogP contribution < -0.4 is 10.6 Å². The first-order valence-corrected chi connectivity index (χ1v) is 11.4. The lowest BCUT2D eigenvalue weighted by Gasteiger charge is -2.38. The summed E-state index contributed by atoms with van der Waals surface area (Å²) in [6.07, 6.45) is 3.32. The maximum atomic E-state index is 12.9. The minimum absolute atomic E-state index is 0.117. The molecule has 3 amide bonds. The zero-order chi connectivity index (χ0) is 21.4. The van der Waals surface area contributed by atoms with E-state index in [4.69, 9.17) is 4.74 Å². The Morgan fingerprint density at radius 2 is 1.94 bits per heavy atom. The van der Waals surface area contributed by atoms with Crippen molar-refractivity contribution in [1.82, 2.24) is 20.4 Å². The molecule has 0 spiro atoms. The second-order valence-electron chi connectivity index (χ2n) is 9.12. The molecule has 5 rings (SSSR count). The van der Waals surface area contributed by atoms with E-state index in [0.29, 0.717) is 30.6 Å². The van der Waals surface area contributed by atoms with E-state index >= 15 is 0 Å². The highest BCUT2D eigenvalue weighted by Crippen LogP contribution is 2.29. The quantitative estimate of drug-likeness (QED) is 0.687. The monoisotopic (exact) mass is 426 g/mol. The van der Waals surface area contributed by atoms with Crippen LogP contribution in [0, 0.1) is 5.92 Å². The van der Waals surface area contributed by atoms with Crippen molar-refractivity contribution in [2.45, 2.75) is 50.9 Å². The van der Waals surface area contributed by atoms with Crippen LogP contribution in [0.2, 0.25) is 0 Å². The van der Waals surface area contributed by atoms with Crippen molar-refractivity contribution < 1.29 is 19.1 Å². The molecule has 31 heavy (non-hydrogen) atoms. The fraction of sp³-hybridized carbons (Fsp3) is 0.609. The molecule has 2 N–H and O–H groups in total. The van der Waals surface area contributed by atoms with E-state index in [0.717, 1.165) is 44.9 Å². The van der Waals surface area contributed by atoms with Crippen molar-refractivity contribution >= 4 is 17.7 Å². The molecule has 2 unspecified atom stereocenters. The first-order chi connectivity index (χ1) is 15.1. The van der Waals surface area contributed by atoms with Crippen LogP contribution >= 0.6 is 0 Å². The van der Waals surface area contributed by atoms with Crippen molar-refractivity contribution in [3.05, 3.63) is 34.9 Å². The Morgan fingerprint density at radius 3 is 2.74 bits per heavy atom. The van der Waals surface area contributed by atoms with Crippen molar-refractivity contribution in [1.29, 1.82) is 0 Å².